The van der Waals surface area contributed by atoms with Gasteiger partial charge < -0.3 is 25.0 Å². The van der Waals surface area contributed by atoms with Gasteiger partial charge in [0.1, 0.15) is 18.1 Å². The largest absolute Gasteiger partial charge is 0.497 e. The summed E-state index contributed by atoms with van der Waals surface area (Å²) in [5.41, 5.74) is -0.663. The second kappa shape index (κ2) is 7.20. The van der Waals surface area contributed by atoms with Crippen LogP contribution >= 0.6 is 0 Å². The highest BCUT2D eigenvalue weighted by Gasteiger charge is 2.20. The van der Waals surface area contributed by atoms with Crippen LogP contribution in [-0.2, 0) is 0 Å². The molecule has 0 aliphatic carbocycles. The number of hydrogen-bond acceptors (Lipinski definition) is 5. The highest BCUT2D eigenvalue weighted by molar-refractivity contribution is 5.31. The van der Waals surface area contributed by atoms with Crippen LogP contribution in [0.15, 0.2) is 24.3 Å². The first kappa shape index (κ1) is 14.8. The molecule has 0 spiro atoms. The molecule has 0 saturated heterocycles. The maximum absolute atomic E-state index is 9.08. The van der Waals surface area contributed by atoms with Gasteiger partial charge in [-0.2, -0.15) is 0 Å². The van der Waals surface area contributed by atoms with Crippen molar-refractivity contribution in [1.82, 2.24) is 5.32 Å². The Morgan fingerprint density at radius 3 is 2.17 bits per heavy atom. The van der Waals surface area contributed by atoms with Gasteiger partial charge in [0, 0.05) is 6.54 Å². The zero-order valence-corrected chi connectivity index (χ0v) is 10.8. The lowest BCUT2D eigenvalue weighted by Crippen LogP contribution is -2.50. The summed E-state index contributed by atoms with van der Waals surface area (Å²) in [6, 6.07) is 7.31. The van der Waals surface area contributed by atoms with E-state index in [2.05, 4.69) is 5.32 Å². The smallest absolute Gasteiger partial charge is 0.119 e. The number of methoxy groups -OCH3 is 1. The van der Waals surface area contributed by atoms with Crippen LogP contribution in [0.3, 0.4) is 0 Å². The Labute approximate surface area is 107 Å². The third-order valence-corrected chi connectivity index (χ3v) is 2.68. The molecule has 0 fully saturated rings. The lowest BCUT2D eigenvalue weighted by Gasteiger charge is -2.26. The maximum Gasteiger partial charge on any atom is 0.119 e. The van der Waals surface area contributed by atoms with Crippen molar-refractivity contribution in [1.29, 1.82) is 0 Å². The minimum absolute atomic E-state index is 0.119. The Hall–Kier alpha value is -1.30. The molecule has 1 aromatic rings. The Kier molecular flexibility index (Phi) is 5.91. The topological polar surface area (TPSA) is 71.0 Å². The number of nitrogens with one attached hydrogen (secondary N) is 1. The molecule has 0 atom stereocenters. The quantitative estimate of drug-likeness (QED) is 0.587. The number of rotatable bonds is 8. The maximum atomic E-state index is 9.08. The minimum atomic E-state index is -0.663. The molecule has 0 aromatic heterocycles. The molecule has 0 amide bonds. The van der Waals surface area contributed by atoms with Crippen molar-refractivity contribution >= 4 is 0 Å². The highest BCUT2D eigenvalue weighted by Crippen LogP contribution is 2.16. The molecule has 0 bridgehead atoms. The van der Waals surface area contributed by atoms with Gasteiger partial charge in [-0.25, -0.2) is 0 Å². The van der Waals surface area contributed by atoms with Gasteiger partial charge in [-0.1, -0.05) is 0 Å². The fourth-order valence-electron chi connectivity index (χ4n) is 1.36. The van der Waals surface area contributed by atoms with Crippen LogP contribution in [0, 0.1) is 0 Å². The predicted octanol–water partition coefficient (Wildman–Crippen LogP) is 0.407. The molecule has 102 valence electrons. The number of benzene rings is 1. The first-order chi connectivity index (χ1) is 8.63. The number of aliphatic hydroxyl groups excluding tert-OH is 2. The molecule has 18 heavy (non-hydrogen) atoms. The van der Waals surface area contributed by atoms with Crippen molar-refractivity contribution < 1.29 is 19.7 Å². The molecule has 0 radical (unpaired) electrons. The van der Waals surface area contributed by atoms with Crippen molar-refractivity contribution in [3.63, 3.8) is 0 Å². The summed E-state index contributed by atoms with van der Waals surface area (Å²) in [5.74, 6) is 1.54. The van der Waals surface area contributed by atoms with Crippen LogP contribution in [0.5, 0.6) is 11.5 Å². The van der Waals surface area contributed by atoms with E-state index in [4.69, 9.17) is 19.7 Å². The van der Waals surface area contributed by atoms with Crippen LogP contribution in [0.2, 0.25) is 0 Å². The molecule has 3 N–H and O–H groups in total. The molecule has 5 nitrogen and oxygen atoms in total. The summed E-state index contributed by atoms with van der Waals surface area (Å²) >= 11 is 0. The fraction of sp³-hybridized carbons (Fsp3) is 0.538. The van der Waals surface area contributed by atoms with Crippen LogP contribution < -0.4 is 14.8 Å². The summed E-state index contributed by atoms with van der Waals surface area (Å²) in [6.07, 6.45) is 0. The second-order valence-electron chi connectivity index (χ2n) is 4.33. The average Bonchev–Trinajstić information content (AvgIpc) is 2.44. The zero-order chi connectivity index (χ0) is 13.4. The third-order valence-electron chi connectivity index (χ3n) is 2.68. The molecular formula is C13H21NO4. The van der Waals surface area contributed by atoms with Crippen molar-refractivity contribution in [2.45, 2.75) is 12.5 Å². The van der Waals surface area contributed by atoms with E-state index in [1.165, 1.54) is 0 Å². The van der Waals surface area contributed by atoms with Crippen molar-refractivity contribution in [3.8, 4) is 11.5 Å². The number of aliphatic hydroxyl groups is 2. The lowest BCUT2D eigenvalue weighted by molar-refractivity contribution is 0.100. The van der Waals surface area contributed by atoms with Crippen LogP contribution in [0.25, 0.3) is 0 Å². The van der Waals surface area contributed by atoms with Gasteiger partial charge in [0.15, 0.2) is 0 Å². The first-order valence-electron chi connectivity index (χ1n) is 5.87. The van der Waals surface area contributed by atoms with E-state index in [0.29, 0.717) is 13.2 Å². The van der Waals surface area contributed by atoms with E-state index >= 15 is 0 Å². The van der Waals surface area contributed by atoms with Gasteiger partial charge >= 0.3 is 0 Å². The van der Waals surface area contributed by atoms with E-state index in [-0.39, 0.29) is 13.2 Å². The first-order valence-corrected chi connectivity index (χ1v) is 5.87. The predicted molar refractivity (Wildman–Crippen MR) is 69.1 cm³/mol. The Balaban J connectivity index is 2.29. The van der Waals surface area contributed by atoms with Gasteiger partial charge in [0.2, 0.25) is 0 Å². The molecule has 1 rings (SSSR count). The Bertz CT molecular complexity index is 335. The van der Waals surface area contributed by atoms with Crippen molar-refractivity contribution in [2.75, 3.05) is 33.5 Å². The molecule has 5 heteroatoms. The number of ether oxygens (including phenoxy) is 2. The molecule has 0 heterocycles. The third kappa shape index (κ3) is 4.52. The van der Waals surface area contributed by atoms with Crippen LogP contribution in [0.4, 0.5) is 0 Å². The van der Waals surface area contributed by atoms with E-state index < -0.39 is 5.54 Å². The molecule has 0 aliphatic heterocycles. The highest BCUT2D eigenvalue weighted by atomic mass is 16.5. The van der Waals surface area contributed by atoms with Crippen LogP contribution in [0.1, 0.15) is 6.92 Å². The van der Waals surface area contributed by atoms with Gasteiger partial charge in [-0.05, 0) is 31.2 Å². The average molecular weight is 255 g/mol. The summed E-state index contributed by atoms with van der Waals surface area (Å²) in [7, 11) is 1.62. The minimum Gasteiger partial charge on any atom is -0.497 e. The van der Waals surface area contributed by atoms with Crippen molar-refractivity contribution in [2.24, 2.45) is 0 Å². The van der Waals surface area contributed by atoms with E-state index in [0.717, 1.165) is 11.5 Å². The van der Waals surface area contributed by atoms with E-state index in [1.807, 2.05) is 24.3 Å². The summed E-state index contributed by atoms with van der Waals surface area (Å²) in [6.45, 7) is 2.52. The Morgan fingerprint density at radius 2 is 1.67 bits per heavy atom. The summed E-state index contributed by atoms with van der Waals surface area (Å²) in [5, 5.41) is 21.2. The fourth-order valence-corrected chi connectivity index (χ4v) is 1.36. The van der Waals surface area contributed by atoms with Crippen LogP contribution in [-0.4, -0.2) is 49.2 Å². The molecular weight excluding hydrogens is 234 g/mol. The van der Waals surface area contributed by atoms with E-state index in [9.17, 15) is 0 Å². The lowest BCUT2D eigenvalue weighted by atomic mass is 10.1. The van der Waals surface area contributed by atoms with Crippen molar-refractivity contribution in [3.05, 3.63) is 24.3 Å². The Morgan fingerprint density at radius 1 is 1.11 bits per heavy atom. The molecule has 1 aromatic carbocycles. The second-order valence-corrected chi connectivity index (χ2v) is 4.33. The van der Waals surface area contributed by atoms with Gasteiger partial charge in [-0.15, -0.1) is 0 Å². The van der Waals surface area contributed by atoms with Gasteiger partial charge in [0.05, 0.1) is 25.9 Å². The normalized spacial score (nSPS) is 11.3. The number of hydrogen-bond donors (Lipinski definition) is 3. The molecule has 0 unspecified atom stereocenters. The molecule has 0 aliphatic rings. The zero-order valence-electron chi connectivity index (χ0n) is 10.8. The van der Waals surface area contributed by atoms with Gasteiger partial charge in [0.25, 0.3) is 0 Å². The summed E-state index contributed by atoms with van der Waals surface area (Å²) < 4.78 is 10.6. The summed E-state index contributed by atoms with van der Waals surface area (Å²) in [4.78, 5) is 0. The molecule has 0 saturated carbocycles. The van der Waals surface area contributed by atoms with Gasteiger partial charge in [-0.3, -0.25) is 0 Å². The monoisotopic (exact) mass is 255 g/mol. The van der Waals surface area contributed by atoms with E-state index in [1.54, 1.807) is 14.0 Å². The standard InChI is InChI=1S/C13H21NO4/c1-13(9-15,10-16)14-7-8-18-12-5-3-11(17-2)4-6-12/h3-6,14-16H,7-10H2,1-2H3. The SMILES string of the molecule is COc1ccc(OCCNC(C)(CO)CO)cc1.